The maximum Gasteiger partial charge on any atom is 0.0423 e. The van der Waals surface area contributed by atoms with Gasteiger partial charge in [0.05, 0.1) is 0 Å². The van der Waals surface area contributed by atoms with Gasteiger partial charge in [-0.1, -0.05) is 502 Å². The second-order valence-electron chi connectivity index (χ2n) is 45.8. The second kappa shape index (κ2) is 40.1. The van der Waals surface area contributed by atoms with Gasteiger partial charge in [-0.3, -0.25) is 0 Å². The molecule has 3 atom stereocenters. The predicted molar refractivity (Wildman–Crippen MR) is 573 cm³/mol. The molecule has 3 fully saturated rings. The summed E-state index contributed by atoms with van der Waals surface area (Å²) in [5, 5.41) is 11.5. The standard InChI is InChI=1S/C45H43N.2C43H55N/c1-44(36-16-7-3-8-17-36,37-18-9-4-10-19-37)40-29-25-34(26-30-40)43(42-24-15-33-46-42)35-27-31-41(32-28-35)45(2,38-20-11-5-12-21-38)39-22-13-6-14-23-39;2*1-40(2,3)32-21-25-36(26-22-32)42(7,8)34-17-13-30(14-18-34)39(38-12-11-29-44-38)31-15-19-35(20-16-31)43(9,10)37-27-23-33(24-28-37)41(4,5)6/h3-14,16-23,25-32,42-43,46H,15,24,33H2,1-2H3;2*13-28,38-39,44H,11-12,29H2,1-10H3/t42-;2*38-/m110/s1. The van der Waals surface area contributed by atoms with Crippen molar-refractivity contribution in [3.05, 3.63) is 498 Å². The van der Waals surface area contributed by atoms with Crippen LogP contribution in [0.25, 0.3) is 0 Å². The Kier molecular flexibility index (Phi) is 29.2. The average Bonchev–Trinajstić information content (AvgIpc) is 0.820. The quantitative estimate of drug-likeness (QED) is 0.0559. The Morgan fingerprint density at radius 2 is 0.299 bits per heavy atom. The third-order valence-corrected chi connectivity index (χ3v) is 31.5. The molecular weight excluding hydrogens is 1620 g/mol. The highest BCUT2D eigenvalue weighted by Gasteiger charge is 2.39. The van der Waals surface area contributed by atoms with Gasteiger partial charge >= 0.3 is 0 Å². The molecule has 134 heavy (non-hydrogen) atoms. The molecule has 14 aromatic rings. The van der Waals surface area contributed by atoms with Gasteiger partial charge in [-0.2, -0.15) is 0 Å². The van der Waals surface area contributed by atoms with Gasteiger partial charge in [0.1, 0.15) is 0 Å². The molecule has 692 valence electrons. The molecule has 3 nitrogen and oxygen atoms in total. The van der Waals surface area contributed by atoms with Gasteiger partial charge in [-0.25, -0.2) is 0 Å². The lowest BCUT2D eigenvalue weighted by Gasteiger charge is -2.33. The minimum absolute atomic E-state index is 0.0611. The van der Waals surface area contributed by atoms with E-state index >= 15 is 0 Å². The van der Waals surface area contributed by atoms with Gasteiger partial charge in [-0.05, 0) is 227 Å². The summed E-state index contributed by atoms with van der Waals surface area (Å²) in [6, 6.07) is 139. The second-order valence-corrected chi connectivity index (χ2v) is 45.8. The molecule has 0 saturated carbocycles. The molecule has 3 saturated heterocycles. The predicted octanol–water partition coefficient (Wildman–Crippen LogP) is 31.9. The van der Waals surface area contributed by atoms with E-state index in [-0.39, 0.29) is 60.1 Å². The summed E-state index contributed by atoms with van der Waals surface area (Å²) < 4.78 is 0. The highest BCUT2D eigenvalue weighted by molar-refractivity contribution is 5.56. The first-order valence-electron chi connectivity index (χ1n) is 50.2. The van der Waals surface area contributed by atoms with Crippen molar-refractivity contribution in [2.75, 3.05) is 19.6 Å². The van der Waals surface area contributed by atoms with Crippen LogP contribution in [0.1, 0.15) is 342 Å². The van der Waals surface area contributed by atoms with E-state index in [0.29, 0.717) is 30.0 Å². The summed E-state index contributed by atoms with van der Waals surface area (Å²) in [5.74, 6) is 0.956. The molecule has 3 heterocycles. The van der Waals surface area contributed by atoms with Crippen LogP contribution >= 0.6 is 0 Å². The molecule has 0 radical (unpaired) electrons. The van der Waals surface area contributed by atoms with E-state index in [1.165, 1.54) is 172 Å². The zero-order valence-corrected chi connectivity index (χ0v) is 85.0. The van der Waals surface area contributed by atoms with Gasteiger partial charge < -0.3 is 16.0 Å². The molecular formula is C131H153N3. The number of hydrogen-bond donors (Lipinski definition) is 3. The topological polar surface area (TPSA) is 36.1 Å². The summed E-state index contributed by atoms with van der Waals surface area (Å²) >= 11 is 0. The molecule has 3 N–H and O–H groups in total. The molecule has 0 spiro atoms. The van der Waals surface area contributed by atoms with Gasteiger partial charge in [-0.15, -0.1) is 0 Å². The first kappa shape index (κ1) is 97.5. The van der Waals surface area contributed by atoms with E-state index in [0.717, 1.165) is 19.6 Å². The molecule has 0 bridgehead atoms. The van der Waals surface area contributed by atoms with Crippen LogP contribution in [0.4, 0.5) is 0 Å². The van der Waals surface area contributed by atoms with Crippen molar-refractivity contribution in [3.8, 4) is 0 Å². The Balaban J connectivity index is 0.000000153. The lowest BCUT2D eigenvalue weighted by Crippen LogP contribution is -2.30. The van der Waals surface area contributed by atoms with E-state index in [1.807, 2.05) is 0 Å². The van der Waals surface area contributed by atoms with E-state index in [2.05, 4.69) is 532 Å². The van der Waals surface area contributed by atoms with E-state index < -0.39 is 0 Å². The SMILES string of the molecule is CC(C)(C)c1ccc(C(C)(C)c2ccc(C(c3ccc(C(C)(C)c4ccc(C(C)(C)C)cc4)cc3)[C@@H]3CCCN3)cc2)cc1.CC(C)(C)c1ccc(C(C)(C)c2ccc(C(c3ccc(C(C)(C)c4ccc(C(C)(C)C)cc4)cc3)[C@H]3CCCN3)cc2)cc1.CC(c1ccccc1)(c1ccccc1)c1ccc(C(c2ccc(C(C)(c3ccccc3)c3ccccc3)cc2)[C@H]2CCCN2)cc1. The fraction of sp³-hybridized carbons (Fsp3) is 0.359. The van der Waals surface area contributed by atoms with Gasteiger partial charge in [0.15, 0.2) is 0 Å². The zero-order valence-electron chi connectivity index (χ0n) is 85.0. The smallest absolute Gasteiger partial charge is 0.0423 e. The number of rotatable bonds is 23. The van der Waals surface area contributed by atoms with E-state index in [1.54, 1.807) is 0 Å². The van der Waals surface area contributed by atoms with E-state index in [4.69, 9.17) is 0 Å². The van der Waals surface area contributed by atoms with Crippen molar-refractivity contribution in [1.29, 1.82) is 0 Å². The molecule has 3 aliphatic heterocycles. The van der Waals surface area contributed by atoms with E-state index in [9.17, 15) is 0 Å². The summed E-state index contributed by atoms with van der Waals surface area (Å²) in [5.41, 5.74) is 32.5. The average molecular weight is 1770 g/mol. The van der Waals surface area contributed by atoms with Crippen LogP contribution in [0, 0.1) is 0 Å². The van der Waals surface area contributed by atoms with Gasteiger partial charge in [0.2, 0.25) is 0 Å². The highest BCUT2D eigenvalue weighted by Crippen LogP contribution is 2.47. The van der Waals surface area contributed by atoms with Crippen molar-refractivity contribution >= 4 is 0 Å². The minimum Gasteiger partial charge on any atom is -0.313 e. The largest absolute Gasteiger partial charge is 0.313 e. The third-order valence-electron chi connectivity index (χ3n) is 31.5. The number of nitrogens with one attached hydrogen (secondary N) is 3. The van der Waals surface area contributed by atoms with Crippen LogP contribution in [0.2, 0.25) is 0 Å². The normalized spacial score (nSPS) is 16.1. The van der Waals surface area contributed by atoms with Crippen molar-refractivity contribution in [2.45, 2.75) is 281 Å². The van der Waals surface area contributed by atoms with Crippen LogP contribution in [0.5, 0.6) is 0 Å². The lowest BCUT2D eigenvalue weighted by molar-refractivity contribution is 0.539. The molecule has 0 aromatic heterocycles. The Labute approximate surface area is 808 Å². The first-order valence-corrected chi connectivity index (χ1v) is 50.2. The monoisotopic (exact) mass is 1770 g/mol. The summed E-state index contributed by atoms with van der Waals surface area (Å²) in [6.45, 7) is 54.1. The Bertz CT molecular complexity index is 5380. The van der Waals surface area contributed by atoms with Crippen LogP contribution < -0.4 is 16.0 Å². The summed E-state index contributed by atoms with van der Waals surface area (Å²) in [7, 11) is 0. The van der Waals surface area contributed by atoms with Gasteiger partial charge in [0, 0.05) is 68.4 Å². The maximum absolute atomic E-state index is 3.85. The van der Waals surface area contributed by atoms with Crippen molar-refractivity contribution in [2.24, 2.45) is 0 Å². The van der Waals surface area contributed by atoms with Crippen molar-refractivity contribution < 1.29 is 0 Å². The van der Waals surface area contributed by atoms with Crippen LogP contribution in [0.3, 0.4) is 0 Å². The number of hydrogen-bond acceptors (Lipinski definition) is 3. The molecule has 14 aromatic carbocycles. The summed E-state index contributed by atoms with van der Waals surface area (Å²) in [4.78, 5) is 0. The lowest BCUT2D eigenvalue weighted by atomic mass is 9.70. The highest BCUT2D eigenvalue weighted by atomic mass is 15.0. The Morgan fingerprint density at radius 1 is 0.164 bits per heavy atom. The molecule has 17 rings (SSSR count). The van der Waals surface area contributed by atoms with Crippen LogP contribution in [0.15, 0.2) is 364 Å². The number of benzene rings is 14. The molecule has 0 aliphatic carbocycles. The van der Waals surface area contributed by atoms with Crippen LogP contribution in [-0.2, 0) is 54.1 Å². The molecule has 0 unspecified atom stereocenters. The Hall–Kier alpha value is -11.0. The molecule has 0 amide bonds. The van der Waals surface area contributed by atoms with Crippen molar-refractivity contribution in [3.63, 3.8) is 0 Å². The third kappa shape index (κ3) is 21.3. The first-order chi connectivity index (χ1) is 63.7. The Morgan fingerprint density at radius 3 is 0.440 bits per heavy atom. The minimum atomic E-state index is -0.247. The van der Waals surface area contributed by atoms with Crippen LogP contribution in [-0.4, -0.2) is 37.8 Å². The van der Waals surface area contributed by atoms with Gasteiger partial charge in [0.25, 0.3) is 0 Å². The fourth-order valence-corrected chi connectivity index (χ4v) is 21.7. The van der Waals surface area contributed by atoms with Crippen molar-refractivity contribution in [1.82, 2.24) is 16.0 Å². The summed E-state index contributed by atoms with van der Waals surface area (Å²) in [6.07, 6.45) is 7.32. The molecule has 3 heteroatoms. The molecule has 3 aliphatic rings. The maximum atomic E-state index is 3.85. The zero-order chi connectivity index (χ0) is 95.2. The fourth-order valence-electron chi connectivity index (χ4n) is 21.7.